The summed E-state index contributed by atoms with van der Waals surface area (Å²) >= 11 is 0. The van der Waals surface area contributed by atoms with Gasteiger partial charge in [-0.3, -0.25) is 9.59 Å². The van der Waals surface area contributed by atoms with Crippen LogP contribution in [0.5, 0.6) is 0 Å². The molecule has 0 atom stereocenters. The van der Waals surface area contributed by atoms with Gasteiger partial charge in [0.05, 0.1) is 11.8 Å². The Hall–Kier alpha value is -1.06. The van der Waals surface area contributed by atoms with Gasteiger partial charge in [0.25, 0.3) is 0 Å². The van der Waals surface area contributed by atoms with Crippen molar-refractivity contribution in [2.75, 3.05) is 0 Å². The van der Waals surface area contributed by atoms with Gasteiger partial charge < -0.3 is 10.2 Å². The standard InChI is InChI=1S/2C10H18O2/c2*1-7(2)8-3-5-9(6-4-8)10(11)12/h2*7-9H,3-6H2,1-2H3,(H,11,12). The highest BCUT2D eigenvalue weighted by Crippen LogP contribution is 2.34. The summed E-state index contributed by atoms with van der Waals surface area (Å²) in [6.07, 6.45) is 7.97. The highest BCUT2D eigenvalue weighted by molar-refractivity contribution is 5.70. The molecule has 2 rings (SSSR count). The van der Waals surface area contributed by atoms with Crippen molar-refractivity contribution in [1.82, 2.24) is 0 Å². The lowest BCUT2D eigenvalue weighted by Gasteiger charge is -2.28. The van der Waals surface area contributed by atoms with Crippen molar-refractivity contribution in [2.45, 2.75) is 79.1 Å². The molecule has 4 nitrogen and oxygen atoms in total. The van der Waals surface area contributed by atoms with Gasteiger partial charge in [-0.15, -0.1) is 0 Å². The van der Waals surface area contributed by atoms with Crippen LogP contribution in [-0.2, 0) is 9.59 Å². The number of aliphatic carboxylic acids is 2. The highest BCUT2D eigenvalue weighted by atomic mass is 16.4. The zero-order chi connectivity index (χ0) is 18.3. The van der Waals surface area contributed by atoms with Gasteiger partial charge in [0.15, 0.2) is 0 Å². The molecule has 0 unspecified atom stereocenters. The van der Waals surface area contributed by atoms with Crippen molar-refractivity contribution in [2.24, 2.45) is 35.5 Å². The second-order valence-corrected chi connectivity index (χ2v) is 8.39. The quantitative estimate of drug-likeness (QED) is 0.749. The second kappa shape index (κ2) is 10.0. The van der Waals surface area contributed by atoms with Crippen LogP contribution in [0.2, 0.25) is 0 Å². The van der Waals surface area contributed by atoms with E-state index < -0.39 is 11.9 Å². The summed E-state index contributed by atoms with van der Waals surface area (Å²) in [5.74, 6) is 1.66. The lowest BCUT2D eigenvalue weighted by Crippen LogP contribution is -2.23. The fraction of sp³-hybridized carbons (Fsp3) is 0.900. The average Bonchev–Trinajstić information content (AvgIpc) is 2.55. The summed E-state index contributed by atoms with van der Waals surface area (Å²) in [4.78, 5) is 21.3. The summed E-state index contributed by atoms with van der Waals surface area (Å²) in [5, 5.41) is 17.5. The number of carboxylic acid groups (broad SMARTS) is 2. The molecule has 24 heavy (non-hydrogen) atoms. The van der Waals surface area contributed by atoms with E-state index in [1.807, 2.05) is 0 Å². The monoisotopic (exact) mass is 340 g/mol. The maximum atomic E-state index is 10.6. The van der Waals surface area contributed by atoms with Crippen LogP contribution in [-0.4, -0.2) is 22.2 Å². The van der Waals surface area contributed by atoms with E-state index in [0.29, 0.717) is 0 Å². The minimum atomic E-state index is -0.600. The maximum absolute atomic E-state index is 10.6. The van der Waals surface area contributed by atoms with Gasteiger partial charge in [0.1, 0.15) is 0 Å². The third kappa shape index (κ3) is 6.82. The molecule has 0 radical (unpaired) electrons. The third-order valence-corrected chi connectivity index (χ3v) is 6.13. The summed E-state index contributed by atoms with van der Waals surface area (Å²) in [7, 11) is 0. The Labute approximate surface area is 147 Å². The Balaban J connectivity index is 0.000000240. The number of rotatable bonds is 4. The van der Waals surface area contributed by atoms with Crippen molar-refractivity contribution in [1.29, 1.82) is 0 Å². The van der Waals surface area contributed by atoms with E-state index in [2.05, 4.69) is 27.7 Å². The van der Waals surface area contributed by atoms with Crippen LogP contribution < -0.4 is 0 Å². The summed E-state index contributed by atoms with van der Waals surface area (Å²) < 4.78 is 0. The average molecular weight is 341 g/mol. The summed E-state index contributed by atoms with van der Waals surface area (Å²) in [6.45, 7) is 8.91. The van der Waals surface area contributed by atoms with Gasteiger partial charge in [-0.2, -0.15) is 0 Å². The Bertz CT molecular complexity index is 348. The Morgan fingerprint density at radius 1 is 0.625 bits per heavy atom. The number of hydrogen-bond acceptors (Lipinski definition) is 2. The smallest absolute Gasteiger partial charge is 0.306 e. The molecule has 0 aromatic carbocycles. The van der Waals surface area contributed by atoms with E-state index in [4.69, 9.17) is 10.2 Å². The van der Waals surface area contributed by atoms with E-state index in [9.17, 15) is 9.59 Å². The topological polar surface area (TPSA) is 74.6 Å². The molecule has 0 spiro atoms. The predicted molar refractivity (Wildman–Crippen MR) is 95.8 cm³/mol. The van der Waals surface area contributed by atoms with Gasteiger partial charge in [-0.1, -0.05) is 27.7 Å². The molecule has 2 N–H and O–H groups in total. The van der Waals surface area contributed by atoms with Crippen molar-refractivity contribution in [3.8, 4) is 0 Å². The molecule has 2 fully saturated rings. The molecular formula is C20H36O4. The van der Waals surface area contributed by atoms with Crippen LogP contribution in [0.25, 0.3) is 0 Å². The van der Waals surface area contributed by atoms with Crippen LogP contribution in [0.1, 0.15) is 79.1 Å². The molecule has 0 bridgehead atoms. The van der Waals surface area contributed by atoms with Crippen molar-refractivity contribution < 1.29 is 19.8 Å². The molecule has 0 aromatic rings. The van der Waals surface area contributed by atoms with E-state index in [1.54, 1.807) is 0 Å². The van der Waals surface area contributed by atoms with Gasteiger partial charge in [-0.05, 0) is 75.0 Å². The predicted octanol–water partition coefficient (Wildman–Crippen LogP) is 5.07. The molecule has 2 saturated carbocycles. The molecule has 0 aromatic heterocycles. The van der Waals surface area contributed by atoms with E-state index in [-0.39, 0.29) is 11.8 Å². The van der Waals surface area contributed by atoms with Crippen LogP contribution in [0.15, 0.2) is 0 Å². The lowest BCUT2D eigenvalue weighted by atomic mass is 9.77. The minimum Gasteiger partial charge on any atom is -0.481 e. The van der Waals surface area contributed by atoms with E-state index in [1.165, 1.54) is 0 Å². The molecule has 2 aliphatic carbocycles. The Morgan fingerprint density at radius 2 is 0.875 bits per heavy atom. The van der Waals surface area contributed by atoms with Crippen LogP contribution >= 0.6 is 0 Å². The van der Waals surface area contributed by atoms with Gasteiger partial charge >= 0.3 is 11.9 Å². The largest absolute Gasteiger partial charge is 0.481 e. The van der Waals surface area contributed by atoms with Crippen LogP contribution in [0.3, 0.4) is 0 Å². The molecule has 140 valence electrons. The molecule has 4 heteroatoms. The van der Waals surface area contributed by atoms with Crippen molar-refractivity contribution in [3.63, 3.8) is 0 Å². The molecular weight excluding hydrogens is 304 g/mol. The van der Waals surface area contributed by atoms with Gasteiger partial charge in [-0.25, -0.2) is 0 Å². The number of hydrogen-bond donors (Lipinski definition) is 2. The van der Waals surface area contributed by atoms with E-state index in [0.717, 1.165) is 75.0 Å². The third-order valence-electron chi connectivity index (χ3n) is 6.13. The lowest BCUT2D eigenvalue weighted by molar-refractivity contribution is -0.144. The van der Waals surface area contributed by atoms with Crippen LogP contribution in [0, 0.1) is 35.5 Å². The molecule has 0 aliphatic heterocycles. The van der Waals surface area contributed by atoms with E-state index >= 15 is 0 Å². The second-order valence-electron chi connectivity index (χ2n) is 8.39. The molecule has 0 heterocycles. The zero-order valence-electron chi connectivity index (χ0n) is 15.8. The normalized spacial score (nSPS) is 30.6. The van der Waals surface area contributed by atoms with Crippen LogP contribution in [0.4, 0.5) is 0 Å². The first-order valence-electron chi connectivity index (χ1n) is 9.67. The fourth-order valence-electron chi connectivity index (χ4n) is 4.07. The van der Waals surface area contributed by atoms with Crippen molar-refractivity contribution >= 4 is 11.9 Å². The Kier molecular flexibility index (Phi) is 8.79. The first-order chi connectivity index (χ1) is 11.2. The minimum absolute atomic E-state index is 0.0556. The number of carboxylic acids is 2. The Morgan fingerprint density at radius 3 is 1.04 bits per heavy atom. The first-order valence-corrected chi connectivity index (χ1v) is 9.67. The molecule has 2 aliphatic rings. The van der Waals surface area contributed by atoms with Gasteiger partial charge in [0, 0.05) is 0 Å². The molecule has 0 amide bonds. The van der Waals surface area contributed by atoms with Gasteiger partial charge in [0.2, 0.25) is 0 Å². The fourth-order valence-corrected chi connectivity index (χ4v) is 4.07. The SMILES string of the molecule is CC(C)C1CCC(C(=O)O)CC1.CC(C)C1CCC(C(=O)O)CC1. The maximum Gasteiger partial charge on any atom is 0.306 e. The number of carbonyl (C=O) groups is 2. The zero-order valence-corrected chi connectivity index (χ0v) is 15.8. The first kappa shape index (κ1) is 21.0. The molecule has 0 saturated heterocycles. The summed E-state index contributed by atoms with van der Waals surface area (Å²) in [6, 6.07) is 0. The highest BCUT2D eigenvalue weighted by Gasteiger charge is 2.27. The van der Waals surface area contributed by atoms with Crippen molar-refractivity contribution in [3.05, 3.63) is 0 Å². The summed E-state index contributed by atoms with van der Waals surface area (Å²) in [5.41, 5.74) is 0.